The minimum atomic E-state index is -0.883. The van der Waals surface area contributed by atoms with Gasteiger partial charge in [0.1, 0.15) is 5.82 Å². The van der Waals surface area contributed by atoms with Crippen molar-refractivity contribution < 1.29 is 9.50 Å². The number of aliphatic hydroxyl groups is 1. The third-order valence-electron chi connectivity index (χ3n) is 3.20. The van der Waals surface area contributed by atoms with E-state index in [9.17, 15) is 9.50 Å². The van der Waals surface area contributed by atoms with E-state index in [0.29, 0.717) is 6.42 Å². The molecule has 0 aromatic heterocycles. The zero-order valence-corrected chi connectivity index (χ0v) is 11.5. The molecule has 2 aromatic rings. The zero-order chi connectivity index (χ0) is 13.8. The number of aryl methyl sites for hydroxylation is 1. The minimum Gasteiger partial charge on any atom is -0.388 e. The second-order valence-corrected chi connectivity index (χ2v) is 4.94. The summed E-state index contributed by atoms with van der Waals surface area (Å²) in [5.41, 5.74) is 2.46. The summed E-state index contributed by atoms with van der Waals surface area (Å²) in [6.45, 7) is 2.09. The van der Waals surface area contributed by atoms with Crippen molar-refractivity contribution in [1.82, 2.24) is 0 Å². The van der Waals surface area contributed by atoms with Crippen molar-refractivity contribution in [3.05, 3.63) is 70.0 Å². The first kappa shape index (κ1) is 14.0. The highest BCUT2D eigenvalue weighted by molar-refractivity contribution is 6.30. The number of hydrogen-bond donors (Lipinski definition) is 1. The van der Waals surface area contributed by atoms with Crippen LogP contribution in [0.2, 0.25) is 5.02 Å². The fraction of sp³-hybridized carbons (Fsp3) is 0.250. The first-order valence-electron chi connectivity index (χ1n) is 6.31. The van der Waals surface area contributed by atoms with Gasteiger partial charge in [-0.05, 0) is 23.6 Å². The normalized spacial score (nSPS) is 12.4. The van der Waals surface area contributed by atoms with E-state index in [0.717, 1.165) is 12.0 Å². The Morgan fingerprint density at radius 2 is 1.74 bits per heavy atom. The van der Waals surface area contributed by atoms with E-state index < -0.39 is 11.9 Å². The Labute approximate surface area is 117 Å². The molecule has 0 aliphatic heterocycles. The minimum absolute atomic E-state index is 0.0397. The third-order valence-corrected chi connectivity index (χ3v) is 3.49. The topological polar surface area (TPSA) is 20.2 Å². The molecule has 3 heteroatoms. The fourth-order valence-electron chi connectivity index (χ4n) is 2.02. The molecule has 0 fully saturated rings. The number of aliphatic hydroxyl groups excluding tert-OH is 1. The molecular weight excluding hydrogens is 263 g/mol. The van der Waals surface area contributed by atoms with Crippen LogP contribution in [0.5, 0.6) is 0 Å². The summed E-state index contributed by atoms with van der Waals surface area (Å²) in [6.07, 6.45) is 0.471. The molecule has 2 rings (SSSR count). The predicted molar refractivity (Wildman–Crippen MR) is 75.9 cm³/mol. The molecule has 1 unspecified atom stereocenters. The van der Waals surface area contributed by atoms with Gasteiger partial charge in [-0.1, -0.05) is 54.9 Å². The highest BCUT2D eigenvalue weighted by Crippen LogP contribution is 2.25. The first-order valence-corrected chi connectivity index (χ1v) is 6.69. The summed E-state index contributed by atoms with van der Waals surface area (Å²) < 4.78 is 13.8. The summed E-state index contributed by atoms with van der Waals surface area (Å²) in [6, 6.07) is 12.7. The van der Waals surface area contributed by atoms with Crippen LogP contribution in [0.1, 0.15) is 29.7 Å². The van der Waals surface area contributed by atoms with Crippen molar-refractivity contribution in [2.45, 2.75) is 25.9 Å². The third kappa shape index (κ3) is 3.34. The molecule has 0 heterocycles. The summed E-state index contributed by atoms with van der Waals surface area (Å²) in [5.74, 6) is -0.540. The first-order chi connectivity index (χ1) is 9.11. The van der Waals surface area contributed by atoms with Crippen LogP contribution in [-0.4, -0.2) is 5.11 Å². The molecule has 1 atom stereocenters. The van der Waals surface area contributed by atoms with Crippen molar-refractivity contribution in [3.8, 4) is 0 Å². The SMILES string of the molecule is CCc1ccc(CC(O)c2cccc(Cl)c2F)cc1. The maximum atomic E-state index is 13.8. The average Bonchev–Trinajstić information content (AvgIpc) is 2.42. The average molecular weight is 279 g/mol. The van der Waals surface area contributed by atoms with Crippen LogP contribution < -0.4 is 0 Å². The molecule has 0 radical (unpaired) electrons. The van der Waals surface area contributed by atoms with Crippen LogP contribution in [0.4, 0.5) is 4.39 Å². The number of halogens is 2. The van der Waals surface area contributed by atoms with Crippen molar-refractivity contribution in [2.75, 3.05) is 0 Å². The molecule has 1 nitrogen and oxygen atoms in total. The highest BCUT2D eigenvalue weighted by Gasteiger charge is 2.15. The maximum Gasteiger partial charge on any atom is 0.147 e. The summed E-state index contributed by atoms with van der Waals surface area (Å²) in [7, 11) is 0. The quantitative estimate of drug-likeness (QED) is 0.883. The Bertz CT molecular complexity index is 551. The Kier molecular flexibility index (Phi) is 4.56. The molecular formula is C16H16ClFO. The number of benzene rings is 2. The molecule has 100 valence electrons. The van der Waals surface area contributed by atoms with Gasteiger partial charge in [0.05, 0.1) is 11.1 Å². The van der Waals surface area contributed by atoms with E-state index in [2.05, 4.69) is 6.92 Å². The monoisotopic (exact) mass is 278 g/mol. The van der Waals surface area contributed by atoms with E-state index in [4.69, 9.17) is 11.6 Å². The van der Waals surface area contributed by atoms with Crippen LogP contribution >= 0.6 is 11.6 Å². The molecule has 0 amide bonds. The Balaban J connectivity index is 2.15. The second kappa shape index (κ2) is 6.18. The smallest absolute Gasteiger partial charge is 0.147 e. The van der Waals surface area contributed by atoms with Crippen molar-refractivity contribution in [1.29, 1.82) is 0 Å². The van der Waals surface area contributed by atoms with Crippen molar-refractivity contribution in [3.63, 3.8) is 0 Å². The Morgan fingerprint density at radius 1 is 1.11 bits per heavy atom. The Morgan fingerprint density at radius 3 is 2.37 bits per heavy atom. The Hall–Kier alpha value is -1.38. The lowest BCUT2D eigenvalue weighted by Gasteiger charge is -2.13. The highest BCUT2D eigenvalue weighted by atomic mass is 35.5. The van der Waals surface area contributed by atoms with E-state index >= 15 is 0 Å². The molecule has 0 spiro atoms. The molecule has 1 N–H and O–H groups in total. The number of rotatable bonds is 4. The molecule has 0 aliphatic rings. The van der Waals surface area contributed by atoms with Gasteiger partial charge < -0.3 is 5.11 Å². The van der Waals surface area contributed by atoms with E-state index in [1.165, 1.54) is 11.6 Å². The molecule has 0 saturated carbocycles. The van der Waals surface area contributed by atoms with Gasteiger partial charge in [-0.2, -0.15) is 0 Å². The lowest BCUT2D eigenvalue weighted by atomic mass is 10.00. The van der Waals surface area contributed by atoms with Crippen molar-refractivity contribution in [2.24, 2.45) is 0 Å². The molecule has 19 heavy (non-hydrogen) atoms. The van der Waals surface area contributed by atoms with Crippen molar-refractivity contribution >= 4 is 11.6 Å². The van der Waals surface area contributed by atoms with Gasteiger partial charge >= 0.3 is 0 Å². The second-order valence-electron chi connectivity index (χ2n) is 4.53. The summed E-state index contributed by atoms with van der Waals surface area (Å²) in [4.78, 5) is 0. The van der Waals surface area contributed by atoms with E-state index in [-0.39, 0.29) is 10.6 Å². The van der Waals surface area contributed by atoms with Gasteiger partial charge in [0.15, 0.2) is 0 Å². The predicted octanol–water partition coefficient (Wildman–Crippen LogP) is 4.32. The maximum absolute atomic E-state index is 13.8. The summed E-state index contributed by atoms with van der Waals surface area (Å²) in [5, 5.41) is 10.1. The van der Waals surface area contributed by atoms with Crippen LogP contribution in [0.25, 0.3) is 0 Å². The number of hydrogen-bond acceptors (Lipinski definition) is 1. The lowest BCUT2D eigenvalue weighted by molar-refractivity contribution is 0.173. The molecule has 0 saturated heterocycles. The largest absolute Gasteiger partial charge is 0.388 e. The van der Waals surface area contributed by atoms with Gasteiger partial charge in [-0.15, -0.1) is 0 Å². The molecule has 0 aliphatic carbocycles. The summed E-state index contributed by atoms with van der Waals surface area (Å²) >= 11 is 5.71. The van der Waals surface area contributed by atoms with Gasteiger partial charge in [0, 0.05) is 12.0 Å². The molecule has 0 bridgehead atoms. The fourth-order valence-corrected chi connectivity index (χ4v) is 2.20. The van der Waals surface area contributed by atoms with Gasteiger partial charge in [-0.25, -0.2) is 4.39 Å². The zero-order valence-electron chi connectivity index (χ0n) is 10.7. The van der Waals surface area contributed by atoms with Gasteiger partial charge in [0.25, 0.3) is 0 Å². The van der Waals surface area contributed by atoms with Gasteiger partial charge in [-0.3, -0.25) is 0 Å². The standard InChI is InChI=1S/C16H16ClFO/c1-2-11-6-8-12(9-7-11)10-15(19)13-4-3-5-14(17)16(13)18/h3-9,15,19H,2,10H2,1H3. The van der Waals surface area contributed by atoms with Crippen LogP contribution in [0.15, 0.2) is 42.5 Å². The van der Waals surface area contributed by atoms with Crippen LogP contribution in [-0.2, 0) is 12.8 Å². The van der Waals surface area contributed by atoms with E-state index in [1.54, 1.807) is 12.1 Å². The van der Waals surface area contributed by atoms with Crippen LogP contribution in [0, 0.1) is 5.82 Å². The van der Waals surface area contributed by atoms with Gasteiger partial charge in [0.2, 0.25) is 0 Å². The van der Waals surface area contributed by atoms with E-state index in [1.807, 2.05) is 24.3 Å². The molecule has 2 aromatic carbocycles. The lowest BCUT2D eigenvalue weighted by Crippen LogP contribution is -2.04. The van der Waals surface area contributed by atoms with Crippen LogP contribution in [0.3, 0.4) is 0 Å².